The Bertz CT molecular complexity index is 208. The van der Waals surface area contributed by atoms with E-state index in [0.29, 0.717) is 0 Å². The van der Waals surface area contributed by atoms with Gasteiger partial charge >= 0.3 is 32.7 Å². The Kier molecular flexibility index (Phi) is 4.49. The molecule has 0 aliphatic rings. The summed E-state index contributed by atoms with van der Waals surface area (Å²) >= 11 is 0. The standard InChI is InChI=1S/C7H5O2.Y/c8-7(9)6-4-2-1-3-5-6;/h1-2,4-5H,(H,8,9);/q-1;+3. The first-order valence-electron chi connectivity index (χ1n) is 2.50. The van der Waals surface area contributed by atoms with Gasteiger partial charge in [-0.1, -0.05) is 5.56 Å². The molecule has 0 aliphatic carbocycles. The molecule has 1 N–H and O–H groups in total. The summed E-state index contributed by atoms with van der Waals surface area (Å²) in [6, 6.07) is 8.92. The van der Waals surface area contributed by atoms with Crippen molar-refractivity contribution in [3.05, 3.63) is 35.9 Å². The smallest absolute Gasteiger partial charge is 0.487 e. The van der Waals surface area contributed by atoms with E-state index >= 15 is 0 Å². The van der Waals surface area contributed by atoms with Gasteiger partial charge in [-0.2, -0.15) is 30.3 Å². The predicted octanol–water partition coefficient (Wildman–Crippen LogP) is 1.18. The number of rotatable bonds is 1. The van der Waals surface area contributed by atoms with Gasteiger partial charge in [0.05, 0.1) is 0 Å². The van der Waals surface area contributed by atoms with Crippen molar-refractivity contribution in [3.8, 4) is 0 Å². The maximum atomic E-state index is 10.2. The van der Waals surface area contributed by atoms with Crippen LogP contribution in [0.1, 0.15) is 10.4 Å². The molecule has 0 heterocycles. The molecule has 0 fully saturated rings. The molecule has 0 unspecified atom stereocenters. The Morgan fingerprint density at radius 3 is 2.60 bits per heavy atom. The minimum atomic E-state index is -0.910. The summed E-state index contributed by atoms with van der Waals surface area (Å²) in [5.74, 6) is -0.910. The molecule has 1 rings (SSSR count). The predicted molar refractivity (Wildman–Crippen MR) is 32.2 cm³/mol. The van der Waals surface area contributed by atoms with Crippen LogP contribution in [0, 0.1) is 6.07 Å². The normalized spacial score (nSPS) is 8.00. The molecular formula is C7H5O2Y+2. The average molecular weight is 210 g/mol. The topological polar surface area (TPSA) is 37.3 Å². The van der Waals surface area contributed by atoms with Gasteiger partial charge in [-0.3, -0.25) is 4.79 Å². The van der Waals surface area contributed by atoms with Crippen LogP contribution in [0.15, 0.2) is 24.3 Å². The van der Waals surface area contributed by atoms with Crippen molar-refractivity contribution in [3.63, 3.8) is 0 Å². The minimum Gasteiger partial charge on any atom is -0.487 e. The Labute approximate surface area is 84.1 Å². The fraction of sp³-hybridized carbons (Fsp3) is 0. The molecular weight excluding hydrogens is 205 g/mol. The molecule has 1 aromatic rings. The summed E-state index contributed by atoms with van der Waals surface area (Å²) in [5.41, 5.74) is 0.275. The van der Waals surface area contributed by atoms with Crippen LogP contribution < -0.4 is 0 Å². The fourth-order valence-electron chi connectivity index (χ4n) is 0.526. The van der Waals surface area contributed by atoms with Crippen molar-refractivity contribution in [2.45, 2.75) is 0 Å². The zero-order valence-corrected chi connectivity index (χ0v) is 8.08. The molecule has 0 radical (unpaired) electrons. The van der Waals surface area contributed by atoms with Crippen molar-refractivity contribution < 1.29 is 42.6 Å². The van der Waals surface area contributed by atoms with E-state index in [2.05, 4.69) is 6.07 Å². The van der Waals surface area contributed by atoms with Crippen molar-refractivity contribution in [1.82, 2.24) is 0 Å². The Morgan fingerprint density at radius 2 is 2.30 bits per heavy atom. The van der Waals surface area contributed by atoms with Crippen LogP contribution in [-0.2, 0) is 32.7 Å². The van der Waals surface area contributed by atoms with E-state index in [-0.39, 0.29) is 38.3 Å². The van der Waals surface area contributed by atoms with E-state index in [9.17, 15) is 4.79 Å². The number of hydrogen-bond donors (Lipinski definition) is 1. The molecule has 0 bridgehead atoms. The molecule has 0 atom stereocenters. The summed E-state index contributed by atoms with van der Waals surface area (Å²) in [5, 5.41) is 8.36. The van der Waals surface area contributed by atoms with Crippen molar-refractivity contribution >= 4 is 5.97 Å². The van der Waals surface area contributed by atoms with E-state index in [1.165, 1.54) is 12.1 Å². The third-order valence-corrected chi connectivity index (χ3v) is 0.954. The maximum absolute atomic E-state index is 10.2. The van der Waals surface area contributed by atoms with Crippen molar-refractivity contribution in [1.29, 1.82) is 0 Å². The molecule has 3 heteroatoms. The first-order chi connectivity index (χ1) is 4.30. The Morgan fingerprint density at radius 1 is 1.60 bits per heavy atom. The second-order valence-electron chi connectivity index (χ2n) is 1.60. The van der Waals surface area contributed by atoms with Crippen molar-refractivity contribution in [2.75, 3.05) is 0 Å². The molecule has 0 amide bonds. The molecule has 10 heavy (non-hydrogen) atoms. The molecule has 0 saturated heterocycles. The average Bonchev–Trinajstić information content (AvgIpc) is 1.90. The Hall–Kier alpha value is -0.206. The largest absolute Gasteiger partial charge is 3.00 e. The van der Waals surface area contributed by atoms with Gasteiger partial charge < -0.3 is 5.11 Å². The van der Waals surface area contributed by atoms with Gasteiger partial charge in [0, 0.05) is 0 Å². The number of hydrogen-bond acceptors (Lipinski definition) is 1. The van der Waals surface area contributed by atoms with Crippen LogP contribution >= 0.6 is 0 Å². The molecule has 1 aromatic carbocycles. The van der Waals surface area contributed by atoms with Crippen LogP contribution in [0.4, 0.5) is 0 Å². The van der Waals surface area contributed by atoms with Gasteiger partial charge in [0.2, 0.25) is 0 Å². The van der Waals surface area contributed by atoms with Crippen LogP contribution in [-0.4, -0.2) is 11.1 Å². The van der Waals surface area contributed by atoms with Crippen LogP contribution in [0.3, 0.4) is 0 Å². The van der Waals surface area contributed by atoms with Gasteiger partial charge in [0.25, 0.3) is 5.97 Å². The number of benzene rings is 1. The number of aromatic carboxylic acids is 1. The zero-order chi connectivity index (χ0) is 6.69. The van der Waals surface area contributed by atoms with E-state index in [4.69, 9.17) is 5.11 Å². The second kappa shape index (κ2) is 4.58. The maximum Gasteiger partial charge on any atom is 3.00 e. The first-order valence-corrected chi connectivity index (χ1v) is 2.50. The van der Waals surface area contributed by atoms with Crippen LogP contribution in [0.5, 0.6) is 0 Å². The third-order valence-electron chi connectivity index (χ3n) is 0.954. The summed E-state index contributed by atoms with van der Waals surface area (Å²) in [7, 11) is 0. The van der Waals surface area contributed by atoms with E-state index in [1.54, 1.807) is 12.1 Å². The van der Waals surface area contributed by atoms with E-state index < -0.39 is 5.97 Å². The van der Waals surface area contributed by atoms with Gasteiger partial charge in [-0.25, -0.2) is 0 Å². The molecule has 0 aliphatic heterocycles. The summed E-state index contributed by atoms with van der Waals surface area (Å²) in [6.45, 7) is 0. The molecule has 0 aromatic heterocycles. The Balaban J connectivity index is 0.000000810. The minimum absolute atomic E-state index is 0. The van der Waals surface area contributed by atoms with Gasteiger partial charge in [-0.05, 0) is 0 Å². The van der Waals surface area contributed by atoms with E-state index in [0.717, 1.165) is 0 Å². The third kappa shape index (κ3) is 2.59. The van der Waals surface area contributed by atoms with E-state index in [1.807, 2.05) is 0 Å². The second-order valence-corrected chi connectivity index (χ2v) is 1.60. The fourth-order valence-corrected chi connectivity index (χ4v) is 0.526. The first kappa shape index (κ1) is 9.79. The number of carbonyl (C=O) groups is 1. The monoisotopic (exact) mass is 210 g/mol. The molecule has 0 spiro atoms. The van der Waals surface area contributed by atoms with Gasteiger partial charge in [0.1, 0.15) is 0 Å². The molecule has 2 nitrogen and oxygen atoms in total. The molecule has 0 saturated carbocycles. The van der Waals surface area contributed by atoms with Crippen LogP contribution in [0.25, 0.3) is 0 Å². The summed E-state index contributed by atoms with van der Waals surface area (Å²) in [6.07, 6.45) is 0. The number of carboxylic acid groups (broad SMARTS) is 1. The van der Waals surface area contributed by atoms with Gasteiger partial charge in [-0.15, -0.1) is 0 Å². The van der Waals surface area contributed by atoms with Crippen LogP contribution in [0.2, 0.25) is 0 Å². The van der Waals surface area contributed by atoms with Crippen molar-refractivity contribution in [2.24, 2.45) is 0 Å². The zero-order valence-electron chi connectivity index (χ0n) is 5.24. The van der Waals surface area contributed by atoms with Gasteiger partial charge in [0.15, 0.2) is 0 Å². The summed E-state index contributed by atoms with van der Waals surface area (Å²) < 4.78 is 0. The summed E-state index contributed by atoms with van der Waals surface area (Å²) in [4.78, 5) is 10.2. The number of carboxylic acids is 1. The quantitative estimate of drug-likeness (QED) is 0.706. The SMILES string of the molecule is O=C(O)c1c[c-]ccc1.[Y+3]. The molecule has 46 valence electrons.